The minimum absolute atomic E-state index is 0.0750. The number of aromatic amines is 1. The predicted octanol–water partition coefficient (Wildman–Crippen LogP) is 0.573. The Morgan fingerprint density at radius 1 is 1.20 bits per heavy atom. The maximum Gasteiger partial charge on any atom is 0.328 e. The van der Waals surface area contributed by atoms with E-state index in [1.165, 1.54) is 13.1 Å². The Labute approximate surface area is 209 Å². The summed E-state index contributed by atoms with van der Waals surface area (Å²) in [4.78, 5) is 50.5. The lowest BCUT2D eigenvalue weighted by molar-refractivity contribution is -0.144. The van der Waals surface area contributed by atoms with Gasteiger partial charge >= 0.3 is 11.7 Å². The zero-order valence-corrected chi connectivity index (χ0v) is 20.5. The number of carbonyl (C=O) groups excluding carboxylic acids is 1. The van der Waals surface area contributed by atoms with Crippen molar-refractivity contribution in [2.45, 2.75) is 13.5 Å². The molecule has 0 aliphatic carbocycles. The molecule has 186 valence electrons. The molecule has 13 nitrogen and oxygen atoms in total. The fourth-order valence-electron chi connectivity index (χ4n) is 2.91. The summed E-state index contributed by atoms with van der Waals surface area (Å²) in [5, 5.41) is 18.2. The molecule has 3 N–H and O–H groups in total. The highest BCUT2D eigenvalue weighted by Gasteiger charge is 2.23. The second kappa shape index (κ2) is 11.4. The van der Waals surface area contributed by atoms with Crippen LogP contribution in [0.2, 0.25) is 5.02 Å². The molecule has 2 heterocycles. The van der Waals surface area contributed by atoms with Crippen LogP contribution in [0.1, 0.15) is 5.56 Å². The van der Waals surface area contributed by atoms with Gasteiger partial charge in [0.2, 0.25) is 11.0 Å². The Kier molecular flexibility index (Phi) is 8.50. The van der Waals surface area contributed by atoms with E-state index in [0.29, 0.717) is 15.6 Å². The van der Waals surface area contributed by atoms with Crippen molar-refractivity contribution in [3.8, 4) is 10.6 Å². The van der Waals surface area contributed by atoms with Gasteiger partial charge in [-0.25, -0.2) is 13.3 Å². The van der Waals surface area contributed by atoms with Crippen molar-refractivity contribution in [3.63, 3.8) is 0 Å². The van der Waals surface area contributed by atoms with E-state index in [-0.39, 0.29) is 23.8 Å². The first-order valence-electron chi connectivity index (χ1n) is 9.83. The standard InChI is InChI=1S/C19H19ClN6O7S2/c1-11-8-25(18(31)21-16(11)30)9-14(27)24(10-15(28)29)6-7-26(35(32)33)19-23-22-17(34-19)12-2-4-13(20)5-3-12/h2-5,8H,6-7,9-10H2,1H3,(H,28,29)(H,32,33)(H,21,30,31). The number of rotatable bonds is 10. The Hall–Kier alpha value is -3.40. The molecule has 0 saturated heterocycles. The summed E-state index contributed by atoms with van der Waals surface area (Å²) in [6, 6.07) is 6.73. The van der Waals surface area contributed by atoms with Crippen LogP contribution in [0.4, 0.5) is 5.13 Å². The number of halogens is 1. The SMILES string of the molecule is Cc1cn(CC(=O)N(CCN(c2nnc(-c3ccc(Cl)cc3)s2)S(=O)O)CC(=O)O)c(=O)[nH]c1=O. The lowest BCUT2D eigenvalue weighted by Gasteiger charge is -2.24. The van der Waals surface area contributed by atoms with Gasteiger partial charge in [-0.3, -0.25) is 28.5 Å². The molecule has 2 aromatic heterocycles. The lowest BCUT2D eigenvalue weighted by Crippen LogP contribution is -2.44. The monoisotopic (exact) mass is 542 g/mol. The molecular weight excluding hydrogens is 524 g/mol. The van der Waals surface area contributed by atoms with Crippen molar-refractivity contribution in [2.24, 2.45) is 0 Å². The summed E-state index contributed by atoms with van der Waals surface area (Å²) >= 11 is 4.35. The van der Waals surface area contributed by atoms with Crippen molar-refractivity contribution < 1.29 is 23.5 Å². The highest BCUT2D eigenvalue weighted by Crippen LogP contribution is 2.29. The molecule has 0 aliphatic heterocycles. The minimum atomic E-state index is -2.55. The van der Waals surface area contributed by atoms with Crippen LogP contribution in [0, 0.1) is 6.92 Å². The van der Waals surface area contributed by atoms with Gasteiger partial charge in [-0.2, -0.15) is 0 Å². The summed E-state index contributed by atoms with van der Waals surface area (Å²) in [7, 11) is 0. The number of benzene rings is 1. The van der Waals surface area contributed by atoms with Gasteiger partial charge in [0.15, 0.2) is 0 Å². The maximum absolute atomic E-state index is 12.7. The van der Waals surface area contributed by atoms with Gasteiger partial charge in [0.05, 0.1) is 6.54 Å². The molecule has 0 saturated carbocycles. The van der Waals surface area contributed by atoms with Gasteiger partial charge in [0, 0.05) is 28.9 Å². The first kappa shape index (κ1) is 26.2. The van der Waals surface area contributed by atoms with Crippen LogP contribution in [-0.2, 0) is 27.4 Å². The molecule has 0 bridgehead atoms. The maximum atomic E-state index is 12.7. The summed E-state index contributed by atoms with van der Waals surface area (Å²) in [5.41, 5.74) is -0.550. The number of aliphatic carboxylic acids is 1. The van der Waals surface area contributed by atoms with E-state index in [1.54, 1.807) is 24.3 Å². The number of hydrogen-bond acceptors (Lipinski definition) is 8. The average molecular weight is 543 g/mol. The van der Waals surface area contributed by atoms with E-state index < -0.39 is 47.5 Å². The molecule has 0 spiro atoms. The first-order valence-corrected chi connectivity index (χ1v) is 12.1. The number of carboxylic acid groups (broad SMARTS) is 1. The number of amides is 1. The van der Waals surface area contributed by atoms with Gasteiger partial charge < -0.3 is 10.0 Å². The molecule has 16 heteroatoms. The van der Waals surface area contributed by atoms with Gasteiger partial charge in [0.1, 0.15) is 18.1 Å². The van der Waals surface area contributed by atoms with Gasteiger partial charge in [-0.05, 0) is 19.1 Å². The highest BCUT2D eigenvalue weighted by atomic mass is 35.5. The van der Waals surface area contributed by atoms with Crippen molar-refractivity contribution >= 4 is 51.2 Å². The van der Waals surface area contributed by atoms with Crippen LogP contribution >= 0.6 is 22.9 Å². The number of nitrogens with zero attached hydrogens (tertiary/aromatic N) is 5. The number of hydrogen-bond donors (Lipinski definition) is 3. The predicted molar refractivity (Wildman–Crippen MR) is 129 cm³/mol. The van der Waals surface area contributed by atoms with Crippen molar-refractivity contribution in [1.29, 1.82) is 0 Å². The Balaban J connectivity index is 1.77. The molecule has 1 unspecified atom stereocenters. The van der Waals surface area contributed by atoms with Crippen LogP contribution in [0.15, 0.2) is 40.1 Å². The fourth-order valence-corrected chi connectivity index (χ4v) is 4.53. The summed E-state index contributed by atoms with van der Waals surface area (Å²) < 4.78 is 23.6. The van der Waals surface area contributed by atoms with Crippen molar-refractivity contribution in [1.82, 2.24) is 24.6 Å². The molecule has 0 radical (unpaired) electrons. The van der Waals surface area contributed by atoms with E-state index in [4.69, 9.17) is 11.6 Å². The van der Waals surface area contributed by atoms with Gasteiger partial charge in [0.25, 0.3) is 16.8 Å². The summed E-state index contributed by atoms with van der Waals surface area (Å²) in [6.45, 7) is -0.330. The second-order valence-electron chi connectivity index (χ2n) is 7.14. The van der Waals surface area contributed by atoms with Crippen LogP contribution in [-0.4, -0.2) is 70.0 Å². The Morgan fingerprint density at radius 3 is 2.51 bits per heavy atom. The second-order valence-corrected chi connectivity index (χ2v) is 9.43. The van der Waals surface area contributed by atoms with Crippen LogP contribution < -0.4 is 15.6 Å². The lowest BCUT2D eigenvalue weighted by atomic mass is 10.2. The smallest absolute Gasteiger partial charge is 0.328 e. The number of aryl methyl sites for hydroxylation is 1. The quantitative estimate of drug-likeness (QED) is 0.309. The molecule has 1 atom stereocenters. The van der Waals surface area contributed by atoms with Crippen LogP contribution in [0.5, 0.6) is 0 Å². The molecule has 1 aromatic carbocycles. The zero-order chi connectivity index (χ0) is 25.7. The summed E-state index contributed by atoms with van der Waals surface area (Å²) in [5.74, 6) is -2.07. The third kappa shape index (κ3) is 6.82. The molecule has 0 fully saturated rings. The van der Waals surface area contributed by atoms with E-state index in [9.17, 15) is 33.0 Å². The topological polar surface area (TPSA) is 179 Å². The molecule has 3 rings (SSSR count). The molecule has 35 heavy (non-hydrogen) atoms. The average Bonchev–Trinajstić information content (AvgIpc) is 3.26. The molecule has 3 aromatic rings. The number of H-pyrrole nitrogens is 1. The number of carbonyl (C=O) groups is 2. The van der Waals surface area contributed by atoms with E-state index in [0.717, 1.165) is 25.1 Å². The van der Waals surface area contributed by atoms with Crippen LogP contribution in [0.25, 0.3) is 10.6 Å². The van der Waals surface area contributed by atoms with Crippen LogP contribution in [0.3, 0.4) is 0 Å². The molecular formula is C19H19ClN6O7S2. The number of anilines is 1. The number of aromatic nitrogens is 4. The van der Waals surface area contributed by atoms with Crippen molar-refractivity contribution in [3.05, 3.63) is 61.9 Å². The molecule has 0 aliphatic rings. The third-order valence-electron chi connectivity index (χ3n) is 4.65. The van der Waals surface area contributed by atoms with E-state index in [1.807, 2.05) is 0 Å². The highest BCUT2D eigenvalue weighted by molar-refractivity contribution is 7.81. The van der Waals surface area contributed by atoms with Crippen molar-refractivity contribution in [2.75, 3.05) is 23.9 Å². The summed E-state index contributed by atoms with van der Waals surface area (Å²) in [6.07, 6.45) is 1.19. The first-order chi connectivity index (χ1) is 16.5. The van der Waals surface area contributed by atoms with E-state index >= 15 is 0 Å². The Morgan fingerprint density at radius 2 is 1.89 bits per heavy atom. The van der Waals surface area contributed by atoms with Gasteiger partial charge in [-0.15, -0.1) is 10.2 Å². The fraction of sp³-hybridized carbons (Fsp3) is 0.263. The Bertz CT molecular complexity index is 1370. The zero-order valence-electron chi connectivity index (χ0n) is 18.1. The number of nitrogens with one attached hydrogen (secondary N) is 1. The third-order valence-corrected chi connectivity index (χ3v) is 6.75. The van der Waals surface area contributed by atoms with E-state index in [2.05, 4.69) is 15.2 Å². The number of carboxylic acids is 1. The largest absolute Gasteiger partial charge is 0.480 e. The normalized spacial score (nSPS) is 11.7. The minimum Gasteiger partial charge on any atom is -0.480 e. The molecule has 1 amide bonds. The van der Waals surface area contributed by atoms with Gasteiger partial charge in [-0.1, -0.05) is 35.1 Å².